The highest BCUT2D eigenvalue weighted by molar-refractivity contribution is 6.33. The van der Waals surface area contributed by atoms with Crippen LogP contribution in [0, 0.1) is 0 Å². The number of furan rings is 1. The van der Waals surface area contributed by atoms with Crippen LogP contribution >= 0.6 is 11.6 Å². The largest absolute Gasteiger partial charge is 0.467 e. The SMILES string of the molecule is O=C(CN1CCN(CC(=O)N(Cc2ccccc2)Cc2ccco2)CC1)Nc1ccccc1Cl. The first-order valence-electron chi connectivity index (χ1n) is 11.4. The van der Waals surface area contributed by atoms with Gasteiger partial charge in [-0.15, -0.1) is 0 Å². The molecule has 34 heavy (non-hydrogen) atoms. The van der Waals surface area contributed by atoms with Gasteiger partial charge in [0.05, 0.1) is 36.6 Å². The van der Waals surface area contributed by atoms with Crippen LogP contribution in [-0.4, -0.2) is 65.8 Å². The second-order valence-electron chi connectivity index (χ2n) is 8.40. The van der Waals surface area contributed by atoms with E-state index in [0.29, 0.717) is 36.9 Å². The van der Waals surface area contributed by atoms with Crippen LogP contribution in [0.3, 0.4) is 0 Å². The van der Waals surface area contributed by atoms with Crippen molar-refractivity contribution in [3.63, 3.8) is 0 Å². The summed E-state index contributed by atoms with van der Waals surface area (Å²) in [6.07, 6.45) is 1.63. The lowest BCUT2D eigenvalue weighted by atomic mass is 10.2. The third-order valence-electron chi connectivity index (χ3n) is 5.83. The molecule has 1 aliphatic rings. The normalized spacial score (nSPS) is 14.6. The lowest BCUT2D eigenvalue weighted by Crippen LogP contribution is -2.51. The number of amides is 2. The second-order valence-corrected chi connectivity index (χ2v) is 8.80. The monoisotopic (exact) mass is 480 g/mol. The summed E-state index contributed by atoms with van der Waals surface area (Å²) in [5.74, 6) is 0.730. The van der Waals surface area contributed by atoms with Gasteiger partial charge >= 0.3 is 0 Å². The first-order chi connectivity index (χ1) is 16.6. The minimum absolute atomic E-state index is 0.0603. The Bertz CT molecular complexity index is 1070. The van der Waals surface area contributed by atoms with Gasteiger partial charge in [-0.05, 0) is 29.8 Å². The van der Waals surface area contributed by atoms with E-state index in [4.69, 9.17) is 16.0 Å². The molecule has 8 heteroatoms. The van der Waals surface area contributed by atoms with Crippen molar-refractivity contribution in [1.82, 2.24) is 14.7 Å². The molecule has 0 aliphatic carbocycles. The van der Waals surface area contributed by atoms with Gasteiger partial charge in [0.2, 0.25) is 11.8 Å². The number of rotatable bonds is 9. The van der Waals surface area contributed by atoms with E-state index in [1.54, 1.807) is 18.4 Å². The van der Waals surface area contributed by atoms with Gasteiger partial charge in [0.15, 0.2) is 0 Å². The van der Waals surface area contributed by atoms with Crippen molar-refractivity contribution in [3.8, 4) is 0 Å². The summed E-state index contributed by atoms with van der Waals surface area (Å²) in [7, 11) is 0. The average Bonchev–Trinajstić information content (AvgIpc) is 3.35. The van der Waals surface area contributed by atoms with Crippen LogP contribution in [-0.2, 0) is 22.7 Å². The van der Waals surface area contributed by atoms with Crippen molar-refractivity contribution in [1.29, 1.82) is 0 Å². The lowest BCUT2D eigenvalue weighted by molar-refractivity contribution is -0.134. The van der Waals surface area contributed by atoms with Gasteiger partial charge in [0.25, 0.3) is 0 Å². The van der Waals surface area contributed by atoms with Crippen LogP contribution in [0.2, 0.25) is 5.02 Å². The summed E-state index contributed by atoms with van der Waals surface area (Å²) in [5.41, 5.74) is 1.70. The summed E-state index contributed by atoms with van der Waals surface area (Å²) in [6.45, 7) is 4.50. The van der Waals surface area contributed by atoms with Crippen molar-refractivity contribution in [2.45, 2.75) is 13.1 Å². The molecule has 1 N–H and O–H groups in total. The Labute approximate surface area is 204 Å². The van der Waals surface area contributed by atoms with Crippen molar-refractivity contribution < 1.29 is 14.0 Å². The molecule has 0 saturated carbocycles. The fraction of sp³-hybridized carbons (Fsp3) is 0.308. The highest BCUT2D eigenvalue weighted by Gasteiger charge is 2.24. The Morgan fingerprint density at radius 3 is 2.21 bits per heavy atom. The van der Waals surface area contributed by atoms with E-state index in [0.717, 1.165) is 37.5 Å². The Hall–Kier alpha value is -3.13. The predicted molar refractivity (Wildman–Crippen MR) is 132 cm³/mol. The number of nitrogens with one attached hydrogen (secondary N) is 1. The molecule has 2 heterocycles. The van der Waals surface area contributed by atoms with E-state index in [-0.39, 0.29) is 11.8 Å². The molecule has 3 aromatic rings. The van der Waals surface area contributed by atoms with E-state index in [1.807, 2.05) is 59.5 Å². The van der Waals surface area contributed by atoms with Crippen LogP contribution in [0.1, 0.15) is 11.3 Å². The minimum atomic E-state index is -0.0925. The van der Waals surface area contributed by atoms with Crippen molar-refractivity contribution in [2.24, 2.45) is 0 Å². The summed E-state index contributed by atoms with van der Waals surface area (Å²) < 4.78 is 5.48. The molecule has 1 fully saturated rings. The first kappa shape index (κ1) is 24.0. The highest BCUT2D eigenvalue weighted by atomic mass is 35.5. The fourth-order valence-electron chi connectivity index (χ4n) is 3.98. The summed E-state index contributed by atoms with van der Waals surface area (Å²) >= 11 is 6.12. The molecule has 0 bridgehead atoms. The Morgan fingerprint density at radius 2 is 1.53 bits per heavy atom. The topological polar surface area (TPSA) is 69.0 Å². The highest BCUT2D eigenvalue weighted by Crippen LogP contribution is 2.20. The Morgan fingerprint density at radius 1 is 0.853 bits per heavy atom. The third-order valence-corrected chi connectivity index (χ3v) is 6.16. The van der Waals surface area contributed by atoms with Gasteiger partial charge < -0.3 is 14.6 Å². The molecule has 0 atom stereocenters. The summed E-state index contributed by atoms with van der Waals surface area (Å²) in [6, 6.07) is 20.9. The number of benzene rings is 2. The molecule has 4 rings (SSSR count). The van der Waals surface area contributed by atoms with E-state index < -0.39 is 0 Å². The van der Waals surface area contributed by atoms with Crippen LogP contribution in [0.4, 0.5) is 5.69 Å². The Kier molecular flexibility index (Phi) is 8.36. The molecule has 0 radical (unpaired) electrons. The molecule has 0 unspecified atom stereocenters. The van der Waals surface area contributed by atoms with Gasteiger partial charge in [0, 0.05) is 32.7 Å². The molecule has 0 spiro atoms. The van der Waals surface area contributed by atoms with E-state index >= 15 is 0 Å². The number of carbonyl (C=O) groups is 2. The second kappa shape index (κ2) is 11.8. The van der Waals surface area contributed by atoms with Gasteiger partial charge in [-0.1, -0.05) is 54.1 Å². The van der Waals surface area contributed by atoms with Crippen molar-refractivity contribution in [2.75, 3.05) is 44.6 Å². The Balaban J connectivity index is 1.27. The van der Waals surface area contributed by atoms with Gasteiger partial charge in [-0.3, -0.25) is 19.4 Å². The molecular weight excluding hydrogens is 452 g/mol. The smallest absolute Gasteiger partial charge is 0.238 e. The third kappa shape index (κ3) is 6.93. The number of hydrogen-bond donors (Lipinski definition) is 1. The maximum absolute atomic E-state index is 13.2. The maximum Gasteiger partial charge on any atom is 0.238 e. The zero-order chi connectivity index (χ0) is 23.8. The van der Waals surface area contributed by atoms with Crippen molar-refractivity contribution in [3.05, 3.63) is 89.3 Å². The number of nitrogens with zero attached hydrogens (tertiary/aromatic N) is 3. The number of piperazine rings is 1. The molecular formula is C26H29ClN4O3. The van der Waals surface area contributed by atoms with E-state index in [9.17, 15) is 9.59 Å². The number of para-hydroxylation sites is 1. The van der Waals surface area contributed by atoms with E-state index in [2.05, 4.69) is 15.1 Å². The number of carbonyl (C=O) groups excluding carboxylic acids is 2. The summed E-state index contributed by atoms with van der Waals surface area (Å²) in [4.78, 5) is 31.7. The minimum Gasteiger partial charge on any atom is -0.467 e. The molecule has 7 nitrogen and oxygen atoms in total. The first-order valence-corrected chi connectivity index (χ1v) is 11.8. The average molecular weight is 481 g/mol. The van der Waals surface area contributed by atoms with Gasteiger partial charge in [-0.25, -0.2) is 0 Å². The summed E-state index contributed by atoms with van der Waals surface area (Å²) in [5, 5.41) is 3.39. The number of anilines is 1. The molecule has 1 saturated heterocycles. The zero-order valence-corrected chi connectivity index (χ0v) is 19.8. The fourth-order valence-corrected chi connectivity index (χ4v) is 4.16. The van der Waals surface area contributed by atoms with E-state index in [1.165, 1.54) is 0 Å². The molecule has 178 valence electrons. The van der Waals surface area contributed by atoms with Gasteiger partial charge in [-0.2, -0.15) is 0 Å². The van der Waals surface area contributed by atoms with Crippen LogP contribution in [0.25, 0.3) is 0 Å². The molecule has 2 amide bonds. The number of halogens is 1. The molecule has 1 aliphatic heterocycles. The van der Waals surface area contributed by atoms with Crippen LogP contribution in [0.5, 0.6) is 0 Å². The number of hydrogen-bond acceptors (Lipinski definition) is 5. The zero-order valence-electron chi connectivity index (χ0n) is 19.0. The predicted octanol–water partition coefficient (Wildman–Crippen LogP) is 3.72. The molecule has 2 aromatic carbocycles. The van der Waals surface area contributed by atoms with Crippen LogP contribution in [0.15, 0.2) is 77.4 Å². The lowest BCUT2D eigenvalue weighted by Gasteiger charge is -2.35. The maximum atomic E-state index is 13.2. The van der Waals surface area contributed by atoms with Crippen molar-refractivity contribution >= 4 is 29.1 Å². The van der Waals surface area contributed by atoms with Crippen LogP contribution < -0.4 is 5.32 Å². The standard InChI is InChI=1S/C26H29ClN4O3/c27-23-10-4-5-11-24(23)28-25(32)19-29-12-14-30(15-13-29)20-26(33)31(18-22-9-6-16-34-22)17-21-7-2-1-3-8-21/h1-11,16H,12-15,17-20H2,(H,28,32). The quantitative estimate of drug-likeness (QED) is 0.505. The van der Waals surface area contributed by atoms with Gasteiger partial charge in [0.1, 0.15) is 5.76 Å². The molecule has 1 aromatic heterocycles.